The van der Waals surface area contributed by atoms with Crippen LogP contribution < -0.4 is 42.4 Å². The second kappa shape index (κ2) is 44.3. The zero-order valence-corrected chi connectivity index (χ0v) is 56.9. The molecular weight excluding hydrogens is 1350 g/mol. The van der Waals surface area contributed by atoms with Crippen LogP contribution in [0.4, 0.5) is 0 Å². The Bertz CT molecular complexity index is 2740. The van der Waals surface area contributed by atoms with Crippen molar-refractivity contribution in [2.24, 2.45) is 0 Å². The summed E-state index contributed by atoms with van der Waals surface area (Å²) in [5, 5.41) is 11.8. The summed E-state index contributed by atoms with van der Waals surface area (Å²) in [5.74, 6) is 0. The van der Waals surface area contributed by atoms with Gasteiger partial charge in [-0.15, -0.1) is 0 Å². The first-order chi connectivity index (χ1) is 39.4. The van der Waals surface area contributed by atoms with Crippen LogP contribution in [0.2, 0.25) is 0 Å². The summed E-state index contributed by atoms with van der Waals surface area (Å²) in [6.45, 7) is 0. The molecule has 0 aliphatic carbocycles. The molecule has 0 nitrogen and oxygen atoms in total. The van der Waals surface area contributed by atoms with Gasteiger partial charge in [0.1, 0.15) is 0 Å². The van der Waals surface area contributed by atoms with E-state index in [0.717, 1.165) is 19.6 Å². The minimum absolute atomic E-state index is 0. The van der Waals surface area contributed by atoms with Gasteiger partial charge in [-0.05, 0) is 98.8 Å². The van der Waals surface area contributed by atoms with Crippen LogP contribution in [-0.4, -0.2) is 24.6 Å². The molecule has 0 aliphatic heterocycles. The molecule has 0 fully saturated rings. The molecule has 0 unspecified atom stereocenters. The standard InChI is InChI=1S/2C26H24P2.C5H5S.3C5H4S.2Fe.2Ni/c2*1-5-13-23(14-6-1)27(24-15-7-2-8-16-24)21-22-28(25-17-9-3-10-18-25)26-19-11-4-12-20-26;4*6-5-3-1-2-4-5;;;;/h2*1-20H,21-22H2;1-4,6H;3*1-4H;;;;/q;;-1;3*-2;4*+2/p-1. The van der Waals surface area contributed by atoms with Gasteiger partial charge in [-0.2, -0.15) is 12.1 Å². The minimum Gasteiger partial charge on any atom is -0.870 e. The van der Waals surface area contributed by atoms with E-state index in [9.17, 15) is 0 Å². The van der Waals surface area contributed by atoms with E-state index in [1.807, 2.05) is 97.1 Å². The number of benzene rings is 8. The molecule has 0 saturated heterocycles. The molecule has 0 bridgehead atoms. The second-order valence-electron chi connectivity index (χ2n) is 17.8. The SMILES string of the molecule is [Fe+2].[Fe+2].[Ni+2].[Ni+2].[S-][c-]1cccc1.[S-][c-]1cccc1.[S-][c-]1cccc1.[S-]c1cc[cH-]c1.c1ccc(P(CCP(c2ccccc2)c2ccccc2)c2ccccc2)cc1.c1ccc(P(CCP(c2ccccc2)c2ccccc2)c2ccccc2)cc1. The van der Waals surface area contributed by atoms with Gasteiger partial charge in [-0.3, -0.25) is 14.7 Å². The van der Waals surface area contributed by atoms with Crippen LogP contribution in [0.5, 0.6) is 0 Å². The zero-order chi connectivity index (χ0) is 55.7. The maximum atomic E-state index is 4.75. The minimum atomic E-state index is -0.348. The molecule has 0 amide bonds. The summed E-state index contributed by atoms with van der Waals surface area (Å²) < 4.78 is 0. The Morgan fingerprint density at radius 1 is 0.262 bits per heavy atom. The molecule has 0 heterocycles. The molecule has 12 aromatic rings. The van der Waals surface area contributed by atoms with Crippen molar-refractivity contribution in [2.75, 3.05) is 24.6 Å². The Balaban J connectivity index is 0.000000304. The second-order valence-corrected chi connectivity index (χ2v) is 29.0. The third-order valence-corrected chi connectivity index (χ3v) is 24.0. The molecule has 12 aromatic carbocycles. The van der Waals surface area contributed by atoms with Gasteiger partial charge < -0.3 is 55.4 Å². The van der Waals surface area contributed by atoms with Gasteiger partial charge in [0.25, 0.3) is 0 Å². The smallest absolute Gasteiger partial charge is 0.870 e. The molecule has 12 rings (SSSR count). The van der Waals surface area contributed by atoms with Gasteiger partial charge in [-0.25, -0.2) is 84.9 Å². The molecule has 12 heteroatoms. The molecule has 84 heavy (non-hydrogen) atoms. The molecule has 0 saturated carbocycles. The van der Waals surface area contributed by atoms with Crippen LogP contribution in [0.15, 0.2) is 359 Å². The molecular formula is C72H64Fe2Ni2P4S4. The van der Waals surface area contributed by atoms with Gasteiger partial charge in [0.15, 0.2) is 0 Å². The van der Waals surface area contributed by atoms with E-state index in [2.05, 4.69) is 243 Å². The van der Waals surface area contributed by atoms with Crippen molar-refractivity contribution in [3.63, 3.8) is 0 Å². The van der Waals surface area contributed by atoms with Crippen molar-refractivity contribution in [1.29, 1.82) is 0 Å². The average Bonchev–Trinajstić information content (AvgIpc) is 4.52. The van der Waals surface area contributed by atoms with E-state index in [1.54, 1.807) is 0 Å². The van der Waals surface area contributed by atoms with Crippen molar-refractivity contribution in [3.8, 4) is 0 Å². The van der Waals surface area contributed by atoms with Crippen LogP contribution in [0, 0.1) is 0 Å². The molecule has 0 atom stereocenters. The Labute approximate surface area is 569 Å². The quantitative estimate of drug-likeness (QED) is 0.0460. The van der Waals surface area contributed by atoms with E-state index >= 15 is 0 Å². The van der Waals surface area contributed by atoms with Gasteiger partial charge in [0.05, 0.1) is 0 Å². The summed E-state index contributed by atoms with van der Waals surface area (Å²) in [6.07, 6.45) is 4.83. The first kappa shape index (κ1) is 74.0. The predicted octanol–water partition coefficient (Wildman–Crippen LogP) is 15.7. The first-order valence-electron chi connectivity index (χ1n) is 26.5. The van der Waals surface area contributed by atoms with Crippen molar-refractivity contribution < 1.29 is 67.1 Å². The fraction of sp³-hybridized carbons (Fsp3) is 0.0556. The molecule has 0 aliphatic rings. The predicted molar refractivity (Wildman–Crippen MR) is 366 cm³/mol. The zero-order valence-electron chi connectivity index (χ0n) is 45.9. The Morgan fingerprint density at radius 2 is 0.429 bits per heavy atom. The van der Waals surface area contributed by atoms with Crippen molar-refractivity contribution >= 4 is 125 Å². The van der Waals surface area contributed by atoms with Crippen molar-refractivity contribution in [2.45, 2.75) is 19.6 Å². The number of hydrogen-bond donors (Lipinski definition) is 0. The molecule has 0 aromatic heterocycles. The third kappa shape index (κ3) is 27.2. The van der Waals surface area contributed by atoms with E-state index in [0.29, 0.717) is 0 Å². The maximum Gasteiger partial charge on any atom is 2.00 e. The Hall–Kier alpha value is -4.21. The van der Waals surface area contributed by atoms with Crippen LogP contribution in [0.25, 0.3) is 0 Å². The largest absolute Gasteiger partial charge is 2.00 e. The van der Waals surface area contributed by atoms with E-state index in [1.165, 1.54) is 67.1 Å². The molecule has 0 spiro atoms. The number of rotatable bonds is 14. The van der Waals surface area contributed by atoms with Crippen LogP contribution in [-0.2, 0) is 118 Å². The summed E-state index contributed by atoms with van der Waals surface area (Å²) in [4.78, 5) is 3.70. The summed E-state index contributed by atoms with van der Waals surface area (Å²) in [5.41, 5.74) is 0. The first-order valence-corrected chi connectivity index (χ1v) is 34.2. The Kier molecular flexibility index (Phi) is 39.0. The van der Waals surface area contributed by atoms with E-state index in [4.69, 9.17) is 50.5 Å². The molecule has 0 radical (unpaired) electrons. The summed E-state index contributed by atoms with van der Waals surface area (Å²) >= 11 is 19.0. The fourth-order valence-electron chi connectivity index (χ4n) is 8.32. The van der Waals surface area contributed by atoms with Gasteiger partial charge in [0.2, 0.25) is 0 Å². The van der Waals surface area contributed by atoms with Gasteiger partial charge in [0, 0.05) is 0 Å². The maximum absolute atomic E-state index is 4.75. The van der Waals surface area contributed by atoms with E-state index < -0.39 is 0 Å². The molecule has 0 N–H and O–H groups in total. The average molecular weight is 1410 g/mol. The van der Waals surface area contributed by atoms with Crippen LogP contribution >= 0.6 is 31.7 Å². The van der Waals surface area contributed by atoms with E-state index in [-0.39, 0.29) is 98.8 Å². The normalized spacial score (nSPS) is 9.86. The van der Waals surface area contributed by atoms with Crippen LogP contribution in [0.3, 0.4) is 0 Å². The molecule has 432 valence electrons. The van der Waals surface area contributed by atoms with Gasteiger partial charge in [-0.1, -0.05) is 243 Å². The van der Waals surface area contributed by atoms with Crippen molar-refractivity contribution in [3.05, 3.63) is 340 Å². The summed E-state index contributed by atoms with van der Waals surface area (Å²) in [6, 6.07) is 119. The van der Waals surface area contributed by atoms with Crippen molar-refractivity contribution in [1.82, 2.24) is 0 Å². The Morgan fingerprint density at radius 3 is 0.524 bits per heavy atom. The monoisotopic (exact) mass is 1410 g/mol. The summed E-state index contributed by atoms with van der Waals surface area (Å²) in [7, 11) is -1.39. The number of hydrogen-bond acceptors (Lipinski definition) is 4. The van der Waals surface area contributed by atoms with Crippen LogP contribution in [0.1, 0.15) is 0 Å². The fourth-order valence-corrected chi connectivity index (χ4v) is 19.7. The van der Waals surface area contributed by atoms with Gasteiger partial charge >= 0.3 is 67.1 Å². The topological polar surface area (TPSA) is 0 Å². The third-order valence-electron chi connectivity index (χ3n) is 12.2.